The Morgan fingerprint density at radius 3 is 2.17 bits per heavy atom. The van der Waals surface area contributed by atoms with Gasteiger partial charge in [0.2, 0.25) is 0 Å². The molecule has 0 heterocycles. The predicted octanol–water partition coefficient (Wildman–Crippen LogP) is 4.39. The maximum atomic E-state index is 5.05. The van der Waals surface area contributed by atoms with Gasteiger partial charge in [-0.1, -0.05) is 58.8 Å². The second-order valence-corrected chi connectivity index (χ2v) is 5.62. The number of hydrogen-bond donors (Lipinski definition) is 1. The monoisotopic (exact) mass is 257 g/mol. The van der Waals surface area contributed by atoms with E-state index in [0.717, 1.165) is 19.1 Å². The van der Waals surface area contributed by atoms with Gasteiger partial charge in [0, 0.05) is 19.7 Å². The molecule has 0 aliphatic heterocycles. The SMILES string of the molecule is CCCCCCCCCC(C)C(C)NCCOC. The van der Waals surface area contributed by atoms with Gasteiger partial charge >= 0.3 is 0 Å². The van der Waals surface area contributed by atoms with Gasteiger partial charge in [0.25, 0.3) is 0 Å². The third-order valence-electron chi connectivity index (χ3n) is 3.89. The molecule has 110 valence electrons. The van der Waals surface area contributed by atoms with Gasteiger partial charge in [-0.15, -0.1) is 0 Å². The Kier molecular flexibility index (Phi) is 13.3. The van der Waals surface area contributed by atoms with E-state index in [9.17, 15) is 0 Å². The molecule has 0 fully saturated rings. The molecule has 1 N–H and O–H groups in total. The topological polar surface area (TPSA) is 21.3 Å². The Labute approximate surface area is 115 Å². The molecule has 2 unspecified atom stereocenters. The van der Waals surface area contributed by atoms with Crippen molar-refractivity contribution in [2.75, 3.05) is 20.3 Å². The zero-order valence-electron chi connectivity index (χ0n) is 13.1. The van der Waals surface area contributed by atoms with Crippen molar-refractivity contribution in [3.8, 4) is 0 Å². The molecule has 0 aliphatic carbocycles. The molecular weight excluding hydrogens is 222 g/mol. The van der Waals surface area contributed by atoms with Gasteiger partial charge in [-0.3, -0.25) is 0 Å². The molecule has 0 aromatic rings. The molecule has 0 radical (unpaired) electrons. The molecule has 0 amide bonds. The van der Waals surface area contributed by atoms with Crippen molar-refractivity contribution in [1.29, 1.82) is 0 Å². The van der Waals surface area contributed by atoms with Gasteiger partial charge in [0.15, 0.2) is 0 Å². The van der Waals surface area contributed by atoms with Crippen LogP contribution in [0.25, 0.3) is 0 Å². The maximum Gasteiger partial charge on any atom is 0.0587 e. The van der Waals surface area contributed by atoms with Crippen molar-refractivity contribution in [3.63, 3.8) is 0 Å². The molecule has 0 aliphatic rings. The number of rotatable bonds is 13. The number of methoxy groups -OCH3 is 1. The summed E-state index contributed by atoms with van der Waals surface area (Å²) in [7, 11) is 1.76. The summed E-state index contributed by atoms with van der Waals surface area (Å²) in [4.78, 5) is 0. The van der Waals surface area contributed by atoms with Crippen molar-refractivity contribution in [2.24, 2.45) is 5.92 Å². The summed E-state index contributed by atoms with van der Waals surface area (Å²) in [6.07, 6.45) is 11.2. The fourth-order valence-corrected chi connectivity index (χ4v) is 2.26. The average Bonchev–Trinajstić information content (AvgIpc) is 2.37. The van der Waals surface area contributed by atoms with E-state index in [1.54, 1.807) is 7.11 Å². The molecule has 0 saturated heterocycles. The average molecular weight is 257 g/mol. The molecule has 0 rings (SSSR count). The normalized spacial score (nSPS) is 14.7. The molecular formula is C16H35NO. The van der Waals surface area contributed by atoms with Crippen LogP contribution in [-0.2, 0) is 4.74 Å². The second-order valence-electron chi connectivity index (χ2n) is 5.62. The zero-order valence-corrected chi connectivity index (χ0v) is 13.1. The van der Waals surface area contributed by atoms with Gasteiger partial charge in [0.1, 0.15) is 0 Å². The summed E-state index contributed by atoms with van der Waals surface area (Å²) >= 11 is 0. The van der Waals surface area contributed by atoms with Crippen LogP contribution >= 0.6 is 0 Å². The second kappa shape index (κ2) is 13.4. The minimum Gasteiger partial charge on any atom is -0.383 e. The third-order valence-corrected chi connectivity index (χ3v) is 3.89. The highest BCUT2D eigenvalue weighted by Crippen LogP contribution is 2.15. The van der Waals surface area contributed by atoms with Crippen molar-refractivity contribution in [2.45, 2.75) is 78.2 Å². The van der Waals surface area contributed by atoms with Crippen LogP contribution in [0.4, 0.5) is 0 Å². The van der Waals surface area contributed by atoms with E-state index in [1.165, 1.54) is 51.4 Å². The van der Waals surface area contributed by atoms with Gasteiger partial charge < -0.3 is 10.1 Å². The fraction of sp³-hybridized carbons (Fsp3) is 1.00. The lowest BCUT2D eigenvalue weighted by Crippen LogP contribution is -2.34. The van der Waals surface area contributed by atoms with E-state index in [2.05, 4.69) is 26.1 Å². The van der Waals surface area contributed by atoms with Crippen LogP contribution < -0.4 is 5.32 Å². The Bertz CT molecular complexity index is 161. The van der Waals surface area contributed by atoms with Crippen LogP contribution in [0, 0.1) is 5.92 Å². The van der Waals surface area contributed by atoms with E-state index in [4.69, 9.17) is 4.74 Å². The summed E-state index contributed by atoms with van der Waals surface area (Å²) in [5, 5.41) is 3.53. The van der Waals surface area contributed by atoms with Gasteiger partial charge in [0.05, 0.1) is 6.61 Å². The van der Waals surface area contributed by atoms with E-state index < -0.39 is 0 Å². The highest BCUT2D eigenvalue weighted by atomic mass is 16.5. The molecule has 0 spiro atoms. The zero-order chi connectivity index (χ0) is 13.6. The maximum absolute atomic E-state index is 5.05. The first-order valence-corrected chi connectivity index (χ1v) is 7.94. The van der Waals surface area contributed by atoms with Crippen LogP contribution in [0.5, 0.6) is 0 Å². The van der Waals surface area contributed by atoms with Crippen LogP contribution in [0.15, 0.2) is 0 Å². The Balaban J connectivity index is 3.31. The van der Waals surface area contributed by atoms with Crippen molar-refractivity contribution >= 4 is 0 Å². The number of nitrogens with one attached hydrogen (secondary N) is 1. The fourth-order valence-electron chi connectivity index (χ4n) is 2.26. The largest absolute Gasteiger partial charge is 0.383 e. The Morgan fingerprint density at radius 2 is 1.56 bits per heavy atom. The van der Waals surface area contributed by atoms with E-state index >= 15 is 0 Å². The van der Waals surface area contributed by atoms with E-state index in [1.807, 2.05) is 0 Å². The van der Waals surface area contributed by atoms with Gasteiger partial charge in [-0.05, 0) is 19.3 Å². The molecule has 2 heteroatoms. The lowest BCUT2D eigenvalue weighted by atomic mass is 9.96. The number of unbranched alkanes of at least 4 members (excludes halogenated alkanes) is 6. The van der Waals surface area contributed by atoms with Gasteiger partial charge in [-0.2, -0.15) is 0 Å². The molecule has 2 atom stereocenters. The summed E-state index contributed by atoms with van der Waals surface area (Å²) in [6, 6.07) is 0.611. The first-order chi connectivity index (χ1) is 8.72. The standard InChI is InChI=1S/C16H35NO/c1-5-6-7-8-9-10-11-12-15(2)16(3)17-13-14-18-4/h15-17H,5-14H2,1-4H3. The summed E-state index contributed by atoms with van der Waals surface area (Å²) < 4.78 is 5.05. The quantitative estimate of drug-likeness (QED) is 0.494. The molecule has 0 saturated carbocycles. The minimum absolute atomic E-state index is 0.611. The highest BCUT2D eigenvalue weighted by molar-refractivity contribution is 4.68. The van der Waals surface area contributed by atoms with Gasteiger partial charge in [-0.25, -0.2) is 0 Å². The molecule has 0 bridgehead atoms. The van der Waals surface area contributed by atoms with E-state index in [-0.39, 0.29) is 0 Å². The predicted molar refractivity (Wildman–Crippen MR) is 81.1 cm³/mol. The van der Waals surface area contributed by atoms with Crippen LogP contribution in [0.3, 0.4) is 0 Å². The first kappa shape index (κ1) is 17.9. The molecule has 18 heavy (non-hydrogen) atoms. The van der Waals surface area contributed by atoms with Crippen LogP contribution in [0.2, 0.25) is 0 Å². The minimum atomic E-state index is 0.611. The summed E-state index contributed by atoms with van der Waals surface area (Å²) in [6.45, 7) is 8.72. The van der Waals surface area contributed by atoms with Crippen LogP contribution in [-0.4, -0.2) is 26.3 Å². The lowest BCUT2D eigenvalue weighted by Gasteiger charge is -2.21. The summed E-state index contributed by atoms with van der Waals surface area (Å²) in [5.41, 5.74) is 0. The Morgan fingerprint density at radius 1 is 0.944 bits per heavy atom. The van der Waals surface area contributed by atoms with Crippen molar-refractivity contribution in [1.82, 2.24) is 5.32 Å². The van der Waals surface area contributed by atoms with Crippen molar-refractivity contribution < 1.29 is 4.74 Å². The number of hydrogen-bond acceptors (Lipinski definition) is 2. The third kappa shape index (κ3) is 11.0. The first-order valence-electron chi connectivity index (χ1n) is 7.94. The Hall–Kier alpha value is -0.0800. The van der Waals surface area contributed by atoms with Crippen LogP contribution in [0.1, 0.15) is 72.1 Å². The smallest absolute Gasteiger partial charge is 0.0587 e. The summed E-state index contributed by atoms with van der Waals surface area (Å²) in [5.74, 6) is 0.775. The van der Waals surface area contributed by atoms with E-state index in [0.29, 0.717) is 6.04 Å². The number of ether oxygens (including phenoxy) is 1. The highest BCUT2D eigenvalue weighted by Gasteiger charge is 2.10. The molecule has 2 nitrogen and oxygen atoms in total. The lowest BCUT2D eigenvalue weighted by molar-refractivity contribution is 0.192. The van der Waals surface area contributed by atoms with Crippen molar-refractivity contribution in [3.05, 3.63) is 0 Å². The molecule has 0 aromatic carbocycles. The molecule has 0 aromatic heterocycles.